The predicted molar refractivity (Wildman–Crippen MR) is 46.1 cm³/mol. The van der Waals surface area contributed by atoms with E-state index in [0.29, 0.717) is 5.56 Å². The van der Waals surface area contributed by atoms with Crippen molar-refractivity contribution in [3.05, 3.63) is 35.3 Å². The molecule has 3 N–H and O–H groups in total. The average Bonchev–Trinajstić information content (AvgIpc) is 2.57. The van der Waals surface area contributed by atoms with Crippen molar-refractivity contribution in [1.29, 1.82) is 0 Å². The van der Waals surface area contributed by atoms with Crippen LogP contribution in [0, 0.1) is 17.5 Å². The van der Waals surface area contributed by atoms with Crippen molar-refractivity contribution in [3.63, 3.8) is 0 Å². The van der Waals surface area contributed by atoms with Crippen LogP contribution >= 0.6 is 0 Å². The molecule has 0 fully saturated rings. The maximum atomic E-state index is 13.2. The number of H-pyrrole nitrogens is 1. The summed E-state index contributed by atoms with van der Waals surface area (Å²) in [6, 6.07) is 0.910. The molecule has 0 unspecified atom stereocenters. The zero-order chi connectivity index (χ0) is 10.3. The van der Waals surface area contributed by atoms with E-state index in [0.717, 1.165) is 6.07 Å². The highest BCUT2D eigenvalue weighted by molar-refractivity contribution is 5.84. The first-order valence-electron chi connectivity index (χ1n) is 3.98. The average molecular weight is 200 g/mol. The summed E-state index contributed by atoms with van der Waals surface area (Å²) in [5.41, 5.74) is 5.95. The molecule has 1 heterocycles. The van der Waals surface area contributed by atoms with Crippen LogP contribution in [-0.2, 0) is 6.54 Å². The Hall–Kier alpha value is -1.49. The fourth-order valence-corrected chi connectivity index (χ4v) is 1.42. The summed E-state index contributed by atoms with van der Waals surface area (Å²) in [5.74, 6) is -3.87. The molecule has 2 nitrogen and oxygen atoms in total. The number of nitrogens with two attached hydrogens (primary N) is 1. The largest absolute Gasteiger partial charge is 0.361 e. The Bertz CT molecular complexity index is 490. The van der Waals surface area contributed by atoms with Gasteiger partial charge in [0.2, 0.25) is 0 Å². The third-order valence-corrected chi connectivity index (χ3v) is 2.11. The lowest BCUT2D eigenvalue weighted by Gasteiger charge is -1.99. The van der Waals surface area contributed by atoms with Gasteiger partial charge in [-0.2, -0.15) is 0 Å². The molecule has 1 aromatic heterocycles. The third kappa shape index (κ3) is 1.09. The van der Waals surface area contributed by atoms with Gasteiger partial charge in [0.25, 0.3) is 0 Å². The fraction of sp³-hybridized carbons (Fsp3) is 0.111. The number of fused-ring (bicyclic) bond motifs is 1. The van der Waals surface area contributed by atoms with Gasteiger partial charge < -0.3 is 10.7 Å². The summed E-state index contributed by atoms with van der Waals surface area (Å²) in [6.07, 6.45) is 1.44. The molecule has 14 heavy (non-hydrogen) atoms. The number of nitrogens with one attached hydrogen (secondary N) is 1. The number of aromatic nitrogens is 1. The normalized spacial score (nSPS) is 11.1. The van der Waals surface area contributed by atoms with Gasteiger partial charge in [0, 0.05) is 24.2 Å². The van der Waals surface area contributed by atoms with Crippen molar-refractivity contribution in [1.82, 2.24) is 4.98 Å². The second-order valence-corrected chi connectivity index (χ2v) is 2.93. The van der Waals surface area contributed by atoms with Crippen LogP contribution in [-0.4, -0.2) is 4.98 Å². The number of hydrogen-bond acceptors (Lipinski definition) is 1. The highest BCUT2D eigenvalue weighted by Gasteiger charge is 2.16. The minimum Gasteiger partial charge on any atom is -0.361 e. The van der Waals surface area contributed by atoms with Gasteiger partial charge >= 0.3 is 0 Å². The second kappa shape index (κ2) is 3.02. The van der Waals surface area contributed by atoms with E-state index >= 15 is 0 Å². The van der Waals surface area contributed by atoms with Crippen LogP contribution in [0.1, 0.15) is 5.56 Å². The van der Waals surface area contributed by atoms with E-state index in [9.17, 15) is 13.2 Å². The van der Waals surface area contributed by atoms with Gasteiger partial charge in [-0.1, -0.05) is 0 Å². The zero-order valence-corrected chi connectivity index (χ0v) is 7.07. The molecule has 2 aromatic rings. The molecule has 0 spiro atoms. The fourth-order valence-electron chi connectivity index (χ4n) is 1.42. The first-order valence-corrected chi connectivity index (χ1v) is 3.98. The molecule has 0 aliphatic rings. The zero-order valence-electron chi connectivity index (χ0n) is 7.07. The quantitative estimate of drug-likeness (QED) is 0.679. The van der Waals surface area contributed by atoms with E-state index < -0.39 is 17.5 Å². The summed E-state index contributed by atoms with van der Waals surface area (Å²) >= 11 is 0. The molecule has 74 valence electrons. The van der Waals surface area contributed by atoms with Gasteiger partial charge in [-0.15, -0.1) is 0 Å². The van der Waals surface area contributed by atoms with Crippen molar-refractivity contribution >= 4 is 10.9 Å². The molecule has 0 saturated heterocycles. The lowest BCUT2D eigenvalue weighted by atomic mass is 10.1. The van der Waals surface area contributed by atoms with E-state index in [2.05, 4.69) is 4.98 Å². The molecule has 0 aliphatic heterocycles. The van der Waals surface area contributed by atoms with Crippen LogP contribution < -0.4 is 5.73 Å². The van der Waals surface area contributed by atoms with E-state index in [1.54, 1.807) is 0 Å². The third-order valence-electron chi connectivity index (χ3n) is 2.11. The van der Waals surface area contributed by atoms with Crippen LogP contribution in [0.5, 0.6) is 0 Å². The second-order valence-electron chi connectivity index (χ2n) is 2.93. The summed E-state index contributed by atoms with van der Waals surface area (Å²) in [4.78, 5) is 2.62. The first-order chi connectivity index (χ1) is 6.65. The summed E-state index contributed by atoms with van der Waals surface area (Å²) in [7, 11) is 0. The van der Waals surface area contributed by atoms with Crippen LogP contribution in [0.15, 0.2) is 12.3 Å². The van der Waals surface area contributed by atoms with Crippen molar-refractivity contribution in [2.75, 3.05) is 0 Å². The molecule has 1 aromatic carbocycles. The lowest BCUT2D eigenvalue weighted by molar-refractivity contribution is 0.453. The van der Waals surface area contributed by atoms with Crippen LogP contribution in [0.2, 0.25) is 0 Å². The molecule has 0 saturated carbocycles. The minimum atomic E-state index is -1.47. The van der Waals surface area contributed by atoms with Crippen molar-refractivity contribution < 1.29 is 13.2 Å². The Morgan fingerprint density at radius 1 is 1.21 bits per heavy atom. The van der Waals surface area contributed by atoms with Gasteiger partial charge in [-0.3, -0.25) is 0 Å². The molecular formula is C9H7F3N2. The molecule has 0 aliphatic carbocycles. The molecule has 0 bridgehead atoms. The lowest BCUT2D eigenvalue weighted by Crippen LogP contribution is -1.97. The Kier molecular flexibility index (Phi) is 1.96. The number of rotatable bonds is 1. The molecule has 2 rings (SSSR count). The van der Waals surface area contributed by atoms with Crippen molar-refractivity contribution in [3.8, 4) is 0 Å². The molecular weight excluding hydrogens is 193 g/mol. The van der Waals surface area contributed by atoms with E-state index in [4.69, 9.17) is 5.73 Å². The summed E-state index contributed by atoms with van der Waals surface area (Å²) < 4.78 is 38.9. The molecule has 0 atom stereocenters. The van der Waals surface area contributed by atoms with Gasteiger partial charge in [0.1, 0.15) is 0 Å². The molecule has 0 amide bonds. The number of aromatic amines is 1. The van der Waals surface area contributed by atoms with Crippen LogP contribution in [0.25, 0.3) is 10.9 Å². The number of halogens is 3. The highest BCUT2D eigenvalue weighted by atomic mass is 19.2. The predicted octanol–water partition coefficient (Wildman–Crippen LogP) is 2.04. The van der Waals surface area contributed by atoms with Gasteiger partial charge in [-0.05, 0) is 5.56 Å². The Morgan fingerprint density at radius 3 is 2.57 bits per heavy atom. The monoisotopic (exact) mass is 200 g/mol. The van der Waals surface area contributed by atoms with E-state index in [1.807, 2.05) is 0 Å². The van der Waals surface area contributed by atoms with Gasteiger partial charge in [0.05, 0.1) is 5.52 Å². The first kappa shape index (κ1) is 9.08. The Balaban J connectivity index is 2.88. The number of hydrogen-bond donors (Lipinski definition) is 2. The Labute approximate surface area is 77.5 Å². The molecule has 5 heteroatoms. The van der Waals surface area contributed by atoms with Crippen LogP contribution in [0.4, 0.5) is 13.2 Å². The van der Waals surface area contributed by atoms with Crippen LogP contribution in [0.3, 0.4) is 0 Å². The smallest absolute Gasteiger partial charge is 0.195 e. The maximum absolute atomic E-state index is 13.2. The standard InChI is InChI=1S/C9H7F3N2/c10-5-1-6-7(9(12)8(5)11)4(2-13)3-14-6/h1,3,14H,2,13H2. The van der Waals surface area contributed by atoms with Gasteiger partial charge in [0.15, 0.2) is 17.5 Å². The number of benzene rings is 1. The topological polar surface area (TPSA) is 41.8 Å². The van der Waals surface area contributed by atoms with E-state index in [-0.39, 0.29) is 17.4 Å². The summed E-state index contributed by atoms with van der Waals surface area (Å²) in [6.45, 7) is 0.0714. The molecule has 0 radical (unpaired) electrons. The van der Waals surface area contributed by atoms with E-state index in [1.165, 1.54) is 6.20 Å². The maximum Gasteiger partial charge on any atom is 0.195 e. The van der Waals surface area contributed by atoms with Crippen molar-refractivity contribution in [2.45, 2.75) is 6.54 Å². The minimum absolute atomic E-state index is 0.0198. The highest BCUT2D eigenvalue weighted by Crippen LogP contribution is 2.25. The van der Waals surface area contributed by atoms with Crippen molar-refractivity contribution in [2.24, 2.45) is 5.73 Å². The van der Waals surface area contributed by atoms with Gasteiger partial charge in [-0.25, -0.2) is 13.2 Å². The SMILES string of the molecule is NCc1c[nH]c2cc(F)c(F)c(F)c12. The summed E-state index contributed by atoms with van der Waals surface area (Å²) in [5, 5.41) is 0.0198. The Morgan fingerprint density at radius 2 is 1.93 bits per heavy atom.